The van der Waals surface area contributed by atoms with Crippen molar-refractivity contribution in [2.75, 3.05) is 0 Å². The Bertz CT molecular complexity index is 608. The van der Waals surface area contributed by atoms with Crippen LogP contribution in [0.5, 0.6) is 0 Å². The number of hydrogen-bond donors (Lipinski definition) is 7. The first-order chi connectivity index (χ1) is 12.4. The number of carbonyl (C=O) groups is 6. The predicted octanol–water partition coefficient (Wildman–Crippen LogP) is -3.63. The van der Waals surface area contributed by atoms with Crippen molar-refractivity contribution < 1.29 is 39.0 Å². The first-order valence-corrected chi connectivity index (χ1v) is 7.81. The van der Waals surface area contributed by atoms with E-state index in [4.69, 9.17) is 27.4 Å². The van der Waals surface area contributed by atoms with Crippen molar-refractivity contribution in [1.29, 1.82) is 0 Å². The number of amides is 4. The molecule has 0 rings (SSSR count). The van der Waals surface area contributed by atoms with Crippen LogP contribution in [0.25, 0.3) is 0 Å². The van der Waals surface area contributed by atoms with Gasteiger partial charge in [-0.15, -0.1) is 0 Å². The fourth-order valence-corrected chi connectivity index (χ4v) is 1.92. The lowest BCUT2D eigenvalue weighted by Crippen LogP contribution is -2.55. The molecule has 27 heavy (non-hydrogen) atoms. The molecule has 0 saturated carbocycles. The highest BCUT2D eigenvalue weighted by Gasteiger charge is 2.29. The van der Waals surface area contributed by atoms with Gasteiger partial charge in [-0.2, -0.15) is 0 Å². The van der Waals surface area contributed by atoms with Crippen LogP contribution in [-0.4, -0.2) is 63.9 Å². The molecule has 13 heteroatoms. The molecule has 0 bridgehead atoms. The Morgan fingerprint density at radius 1 is 0.778 bits per heavy atom. The van der Waals surface area contributed by atoms with Gasteiger partial charge in [0.15, 0.2) is 0 Å². The van der Waals surface area contributed by atoms with E-state index in [1.165, 1.54) is 0 Å². The first-order valence-electron chi connectivity index (χ1n) is 7.81. The number of carboxylic acid groups (broad SMARTS) is 2. The maximum Gasteiger partial charge on any atom is 0.326 e. The summed E-state index contributed by atoms with van der Waals surface area (Å²) in [6.07, 6.45) is -1.88. The number of nitrogens with one attached hydrogen (secondary N) is 2. The molecule has 3 atom stereocenters. The van der Waals surface area contributed by atoms with E-state index >= 15 is 0 Å². The number of rotatable bonds is 13. The summed E-state index contributed by atoms with van der Waals surface area (Å²) in [4.78, 5) is 67.7. The van der Waals surface area contributed by atoms with Gasteiger partial charge in [-0.05, 0) is 12.8 Å². The average Bonchev–Trinajstić information content (AvgIpc) is 2.54. The smallest absolute Gasteiger partial charge is 0.326 e. The molecule has 0 saturated heterocycles. The van der Waals surface area contributed by atoms with Crippen LogP contribution in [-0.2, 0) is 28.8 Å². The SMILES string of the molecule is NC(=O)CC[C@H](N)C(=O)N[C@@H](CC(N)=O)C(=O)N[C@@H](CCC(=O)O)C(=O)O. The van der Waals surface area contributed by atoms with E-state index in [0.717, 1.165) is 0 Å². The van der Waals surface area contributed by atoms with E-state index in [2.05, 4.69) is 5.32 Å². The molecular weight excluding hydrogens is 366 g/mol. The molecule has 0 heterocycles. The largest absolute Gasteiger partial charge is 0.481 e. The quantitative estimate of drug-likeness (QED) is 0.164. The molecule has 4 amide bonds. The Balaban J connectivity index is 5.03. The lowest BCUT2D eigenvalue weighted by molar-refractivity contribution is -0.143. The van der Waals surface area contributed by atoms with E-state index in [9.17, 15) is 28.8 Å². The molecule has 0 fully saturated rings. The topological polar surface area (TPSA) is 245 Å². The standard InChI is InChI=1S/C14H23N5O8/c15-6(1-3-9(16)20)12(24)19-8(5-10(17)21)13(25)18-7(14(26)27)2-4-11(22)23/h6-8H,1-5,15H2,(H2,16,20)(H2,17,21)(H,18,25)(H,19,24)(H,22,23)(H,26,27)/t6-,7-,8-/m0/s1. The molecule has 152 valence electrons. The van der Waals surface area contributed by atoms with Crippen molar-refractivity contribution in [2.45, 2.75) is 50.2 Å². The molecule has 0 aromatic carbocycles. The van der Waals surface area contributed by atoms with Gasteiger partial charge in [0.25, 0.3) is 0 Å². The van der Waals surface area contributed by atoms with Crippen LogP contribution < -0.4 is 27.8 Å². The molecule has 0 aromatic heterocycles. The van der Waals surface area contributed by atoms with Gasteiger partial charge in [0, 0.05) is 12.8 Å². The molecule has 0 radical (unpaired) electrons. The Labute approximate surface area is 153 Å². The maximum absolute atomic E-state index is 12.2. The average molecular weight is 389 g/mol. The summed E-state index contributed by atoms with van der Waals surface area (Å²) in [7, 11) is 0. The maximum atomic E-state index is 12.2. The molecule has 0 spiro atoms. The highest BCUT2D eigenvalue weighted by Crippen LogP contribution is 2.02. The van der Waals surface area contributed by atoms with Crippen molar-refractivity contribution in [3.63, 3.8) is 0 Å². The Kier molecular flexibility index (Phi) is 10.0. The highest BCUT2D eigenvalue weighted by atomic mass is 16.4. The van der Waals surface area contributed by atoms with Crippen molar-refractivity contribution in [3.05, 3.63) is 0 Å². The molecular formula is C14H23N5O8. The van der Waals surface area contributed by atoms with Gasteiger partial charge in [0.05, 0.1) is 12.5 Å². The normalized spacial score (nSPS) is 13.7. The van der Waals surface area contributed by atoms with Gasteiger partial charge in [0.1, 0.15) is 12.1 Å². The Hall–Kier alpha value is -3.22. The van der Waals surface area contributed by atoms with Crippen molar-refractivity contribution >= 4 is 35.6 Å². The van der Waals surface area contributed by atoms with Gasteiger partial charge in [-0.25, -0.2) is 4.79 Å². The van der Waals surface area contributed by atoms with Gasteiger partial charge >= 0.3 is 11.9 Å². The Morgan fingerprint density at radius 2 is 1.33 bits per heavy atom. The molecule has 13 nitrogen and oxygen atoms in total. The minimum absolute atomic E-state index is 0.109. The van der Waals surface area contributed by atoms with Crippen LogP contribution >= 0.6 is 0 Å². The van der Waals surface area contributed by atoms with Gasteiger partial charge in [-0.1, -0.05) is 0 Å². The van der Waals surface area contributed by atoms with Crippen molar-refractivity contribution in [3.8, 4) is 0 Å². The van der Waals surface area contributed by atoms with Crippen molar-refractivity contribution in [1.82, 2.24) is 10.6 Å². The second kappa shape index (κ2) is 11.4. The lowest BCUT2D eigenvalue weighted by atomic mass is 10.1. The summed E-state index contributed by atoms with van der Waals surface area (Å²) < 4.78 is 0. The summed E-state index contributed by atoms with van der Waals surface area (Å²) in [5.74, 6) is -6.34. The number of carbonyl (C=O) groups excluding carboxylic acids is 4. The number of nitrogens with two attached hydrogens (primary N) is 3. The summed E-state index contributed by atoms with van der Waals surface area (Å²) in [5, 5.41) is 21.8. The van der Waals surface area contributed by atoms with Gasteiger partial charge in [-0.3, -0.25) is 24.0 Å². The molecule has 0 unspecified atom stereocenters. The fourth-order valence-electron chi connectivity index (χ4n) is 1.92. The zero-order valence-corrected chi connectivity index (χ0v) is 14.3. The van der Waals surface area contributed by atoms with Crippen LogP contribution in [0.2, 0.25) is 0 Å². The minimum Gasteiger partial charge on any atom is -0.481 e. The van der Waals surface area contributed by atoms with Gasteiger partial charge in [0.2, 0.25) is 23.6 Å². The molecule has 0 aromatic rings. The van der Waals surface area contributed by atoms with Crippen LogP contribution in [0.4, 0.5) is 0 Å². The van der Waals surface area contributed by atoms with E-state index in [0.29, 0.717) is 0 Å². The third kappa shape index (κ3) is 10.4. The predicted molar refractivity (Wildman–Crippen MR) is 88.6 cm³/mol. The number of hydrogen-bond acceptors (Lipinski definition) is 7. The van der Waals surface area contributed by atoms with Crippen LogP contribution in [0.15, 0.2) is 0 Å². The first kappa shape index (κ1) is 23.8. The van der Waals surface area contributed by atoms with Crippen LogP contribution in [0, 0.1) is 0 Å². The lowest BCUT2D eigenvalue weighted by Gasteiger charge is -2.21. The van der Waals surface area contributed by atoms with Crippen molar-refractivity contribution in [2.24, 2.45) is 17.2 Å². The summed E-state index contributed by atoms with van der Waals surface area (Å²) in [5.41, 5.74) is 15.5. The van der Waals surface area contributed by atoms with Gasteiger partial charge < -0.3 is 38.0 Å². The highest BCUT2D eigenvalue weighted by molar-refractivity contribution is 5.94. The minimum atomic E-state index is -1.55. The van der Waals surface area contributed by atoms with Crippen LogP contribution in [0.1, 0.15) is 32.1 Å². The summed E-state index contributed by atoms with van der Waals surface area (Å²) in [6.45, 7) is 0. The third-order valence-corrected chi connectivity index (χ3v) is 3.34. The second-order valence-electron chi connectivity index (χ2n) is 5.67. The molecule has 0 aliphatic carbocycles. The van der Waals surface area contributed by atoms with E-state index < -0.39 is 73.0 Å². The second-order valence-corrected chi connectivity index (χ2v) is 5.67. The van der Waals surface area contributed by atoms with E-state index in [-0.39, 0.29) is 12.8 Å². The van der Waals surface area contributed by atoms with E-state index in [1.54, 1.807) is 0 Å². The Morgan fingerprint density at radius 3 is 1.78 bits per heavy atom. The zero-order valence-electron chi connectivity index (χ0n) is 14.3. The fraction of sp³-hybridized carbons (Fsp3) is 0.571. The number of carboxylic acids is 2. The zero-order chi connectivity index (χ0) is 21.1. The van der Waals surface area contributed by atoms with Crippen LogP contribution in [0.3, 0.4) is 0 Å². The molecule has 10 N–H and O–H groups in total. The summed E-state index contributed by atoms with van der Waals surface area (Å²) in [6, 6.07) is -4.28. The molecule has 0 aliphatic heterocycles. The monoisotopic (exact) mass is 389 g/mol. The molecule has 0 aliphatic rings. The third-order valence-electron chi connectivity index (χ3n) is 3.34. The number of aliphatic carboxylic acids is 2. The van der Waals surface area contributed by atoms with E-state index in [1.807, 2.05) is 5.32 Å². The number of primary amides is 2. The summed E-state index contributed by atoms with van der Waals surface area (Å²) >= 11 is 0.